The third-order valence-corrected chi connectivity index (χ3v) is 5.75. The maximum Gasteiger partial charge on any atom is 0.416 e. The van der Waals surface area contributed by atoms with E-state index in [4.69, 9.17) is 0 Å². The lowest BCUT2D eigenvalue weighted by Gasteiger charge is -2.32. The quantitative estimate of drug-likeness (QED) is 0.654. The Bertz CT molecular complexity index is 1100. The molecule has 1 aliphatic rings. The number of hydrogen-bond donors (Lipinski definition) is 1. The number of rotatable bonds is 4. The van der Waals surface area contributed by atoms with Gasteiger partial charge in [-0.05, 0) is 51.0 Å². The van der Waals surface area contributed by atoms with E-state index in [0.29, 0.717) is 25.9 Å². The minimum Gasteiger partial charge on any atom is -0.355 e. The molecule has 2 aromatic heterocycles. The molecule has 31 heavy (non-hydrogen) atoms. The first-order valence-electron chi connectivity index (χ1n) is 10.3. The first kappa shape index (κ1) is 21.1. The molecular formula is C22H24F3N5O. The van der Waals surface area contributed by atoms with Crippen LogP contribution in [0.5, 0.6) is 0 Å². The van der Waals surface area contributed by atoms with Crippen molar-refractivity contribution in [1.29, 1.82) is 0 Å². The third-order valence-electron chi connectivity index (χ3n) is 5.75. The van der Waals surface area contributed by atoms with Crippen LogP contribution in [0.1, 0.15) is 31.0 Å². The second-order valence-electron chi connectivity index (χ2n) is 7.76. The Morgan fingerprint density at radius 3 is 2.65 bits per heavy atom. The number of halogens is 3. The van der Waals surface area contributed by atoms with Crippen molar-refractivity contribution in [2.45, 2.75) is 39.4 Å². The molecular weight excluding hydrogens is 407 g/mol. The average Bonchev–Trinajstić information content (AvgIpc) is 3.09. The Hall–Kier alpha value is -3.10. The Morgan fingerprint density at radius 2 is 1.97 bits per heavy atom. The summed E-state index contributed by atoms with van der Waals surface area (Å²) in [5.41, 5.74) is 1.34. The normalized spacial score (nSPS) is 15.5. The molecule has 0 radical (unpaired) electrons. The fourth-order valence-corrected chi connectivity index (χ4v) is 4.11. The Kier molecular flexibility index (Phi) is 5.60. The van der Waals surface area contributed by atoms with Crippen molar-refractivity contribution >= 4 is 28.3 Å². The lowest BCUT2D eigenvalue weighted by atomic mass is 9.95. The molecule has 1 aromatic carbocycles. The molecule has 1 N–H and O–H groups in total. The number of alkyl halides is 3. The van der Waals surface area contributed by atoms with Gasteiger partial charge in [0.05, 0.1) is 11.3 Å². The van der Waals surface area contributed by atoms with Crippen molar-refractivity contribution in [3.8, 4) is 0 Å². The van der Waals surface area contributed by atoms with Crippen molar-refractivity contribution in [3.63, 3.8) is 0 Å². The van der Waals surface area contributed by atoms with Crippen LogP contribution in [-0.4, -0.2) is 33.8 Å². The van der Waals surface area contributed by atoms with Gasteiger partial charge in [-0.2, -0.15) is 18.3 Å². The van der Waals surface area contributed by atoms with Crippen LogP contribution in [0.4, 0.5) is 24.7 Å². The zero-order valence-electron chi connectivity index (χ0n) is 17.4. The summed E-state index contributed by atoms with van der Waals surface area (Å²) < 4.78 is 40.6. The monoisotopic (exact) mass is 431 g/mol. The number of benzene rings is 1. The lowest BCUT2D eigenvalue weighted by Crippen LogP contribution is -2.38. The van der Waals surface area contributed by atoms with E-state index < -0.39 is 11.7 Å². The number of piperidine rings is 1. The molecule has 164 valence electrons. The van der Waals surface area contributed by atoms with Gasteiger partial charge in [-0.1, -0.05) is 6.07 Å². The van der Waals surface area contributed by atoms with E-state index in [1.165, 1.54) is 12.1 Å². The fourth-order valence-electron chi connectivity index (χ4n) is 4.11. The molecule has 1 aliphatic heterocycles. The zero-order chi connectivity index (χ0) is 22.2. The van der Waals surface area contributed by atoms with Crippen molar-refractivity contribution in [3.05, 3.63) is 47.8 Å². The number of amides is 1. The van der Waals surface area contributed by atoms with Gasteiger partial charge < -0.3 is 10.2 Å². The van der Waals surface area contributed by atoms with E-state index in [9.17, 15) is 18.0 Å². The maximum absolute atomic E-state index is 12.9. The molecule has 1 saturated heterocycles. The third kappa shape index (κ3) is 4.22. The molecule has 9 heteroatoms. The molecule has 0 saturated carbocycles. The Balaban J connectivity index is 1.45. The number of aromatic nitrogens is 3. The van der Waals surface area contributed by atoms with Gasteiger partial charge in [-0.15, -0.1) is 0 Å². The van der Waals surface area contributed by atoms with Gasteiger partial charge in [0.2, 0.25) is 5.91 Å². The second-order valence-corrected chi connectivity index (χ2v) is 7.76. The standard InChI is InChI=1S/C22H24F3N5O/c1-3-30-19-18(14(2)28-30)7-10-26-20(19)29-11-8-15(9-12-29)21(31)27-17-6-4-5-16(13-17)22(23,24)25/h4-7,10,13,15H,3,8-9,11-12H2,1-2H3,(H,27,31). The molecule has 0 spiro atoms. The Labute approximate surface area is 178 Å². The van der Waals surface area contributed by atoms with E-state index in [2.05, 4.69) is 20.3 Å². The Morgan fingerprint density at radius 1 is 1.23 bits per heavy atom. The van der Waals surface area contributed by atoms with Crippen LogP contribution in [-0.2, 0) is 17.5 Å². The van der Waals surface area contributed by atoms with E-state index in [0.717, 1.165) is 41.1 Å². The number of pyridine rings is 1. The van der Waals surface area contributed by atoms with Crippen LogP contribution < -0.4 is 10.2 Å². The first-order chi connectivity index (χ1) is 14.8. The van der Waals surface area contributed by atoms with Crippen LogP contribution in [0.2, 0.25) is 0 Å². The van der Waals surface area contributed by atoms with Crippen LogP contribution in [0.15, 0.2) is 36.5 Å². The highest BCUT2D eigenvalue weighted by molar-refractivity contribution is 5.93. The van der Waals surface area contributed by atoms with Crippen LogP contribution in [0.3, 0.4) is 0 Å². The average molecular weight is 431 g/mol. The molecule has 3 heterocycles. The highest BCUT2D eigenvalue weighted by Crippen LogP contribution is 2.32. The SMILES string of the molecule is CCn1nc(C)c2ccnc(N3CCC(C(=O)Nc4cccc(C(F)(F)F)c4)CC3)c21. The molecule has 4 rings (SSSR count). The van der Waals surface area contributed by atoms with Crippen LogP contribution in [0, 0.1) is 12.8 Å². The topological polar surface area (TPSA) is 63.1 Å². The van der Waals surface area contributed by atoms with Gasteiger partial charge in [0.25, 0.3) is 0 Å². The maximum atomic E-state index is 12.9. The zero-order valence-corrected chi connectivity index (χ0v) is 17.4. The van der Waals surface area contributed by atoms with Gasteiger partial charge in [0.15, 0.2) is 5.82 Å². The first-order valence-corrected chi connectivity index (χ1v) is 10.3. The number of nitrogens with zero attached hydrogens (tertiary/aromatic N) is 4. The highest BCUT2D eigenvalue weighted by atomic mass is 19.4. The predicted octanol–water partition coefficient (Wildman–Crippen LogP) is 4.63. The van der Waals surface area contributed by atoms with Crippen LogP contribution in [0.25, 0.3) is 10.9 Å². The summed E-state index contributed by atoms with van der Waals surface area (Å²) in [5.74, 6) is 0.346. The van der Waals surface area contributed by atoms with Crippen molar-refractivity contribution < 1.29 is 18.0 Å². The van der Waals surface area contributed by atoms with E-state index >= 15 is 0 Å². The summed E-state index contributed by atoms with van der Waals surface area (Å²) in [5, 5.41) is 8.29. The van der Waals surface area contributed by atoms with E-state index in [1.54, 1.807) is 6.20 Å². The highest BCUT2D eigenvalue weighted by Gasteiger charge is 2.31. The number of fused-ring (bicyclic) bond motifs is 1. The van der Waals surface area contributed by atoms with Crippen molar-refractivity contribution in [2.24, 2.45) is 5.92 Å². The van der Waals surface area contributed by atoms with Gasteiger partial charge in [0.1, 0.15) is 5.52 Å². The number of hydrogen-bond acceptors (Lipinski definition) is 4. The fraction of sp³-hybridized carbons (Fsp3) is 0.409. The molecule has 1 amide bonds. The molecule has 0 unspecified atom stereocenters. The number of anilines is 2. The second kappa shape index (κ2) is 8.20. The summed E-state index contributed by atoms with van der Waals surface area (Å²) in [4.78, 5) is 19.4. The number of carbonyl (C=O) groups is 1. The molecule has 0 bridgehead atoms. The molecule has 3 aromatic rings. The van der Waals surface area contributed by atoms with Gasteiger partial charge >= 0.3 is 6.18 Å². The number of nitrogens with one attached hydrogen (secondary N) is 1. The van der Waals surface area contributed by atoms with Crippen molar-refractivity contribution in [1.82, 2.24) is 14.8 Å². The van der Waals surface area contributed by atoms with Crippen LogP contribution >= 0.6 is 0 Å². The number of aryl methyl sites for hydroxylation is 2. The van der Waals surface area contributed by atoms with Gasteiger partial charge in [-0.3, -0.25) is 9.48 Å². The summed E-state index contributed by atoms with van der Waals surface area (Å²) in [7, 11) is 0. The van der Waals surface area contributed by atoms with Crippen molar-refractivity contribution in [2.75, 3.05) is 23.3 Å². The van der Waals surface area contributed by atoms with E-state index in [-0.39, 0.29) is 17.5 Å². The van der Waals surface area contributed by atoms with Gasteiger partial charge in [0, 0.05) is 42.8 Å². The van der Waals surface area contributed by atoms with E-state index in [1.807, 2.05) is 24.6 Å². The summed E-state index contributed by atoms with van der Waals surface area (Å²) in [6.45, 7) is 6.02. The molecule has 0 atom stereocenters. The smallest absolute Gasteiger partial charge is 0.355 e. The molecule has 6 nitrogen and oxygen atoms in total. The van der Waals surface area contributed by atoms with Gasteiger partial charge in [-0.25, -0.2) is 4.98 Å². The summed E-state index contributed by atoms with van der Waals surface area (Å²) in [6.07, 6.45) is -1.47. The summed E-state index contributed by atoms with van der Waals surface area (Å²) in [6, 6.07) is 6.69. The largest absolute Gasteiger partial charge is 0.416 e. The minimum atomic E-state index is -4.44. The summed E-state index contributed by atoms with van der Waals surface area (Å²) >= 11 is 0. The predicted molar refractivity (Wildman–Crippen MR) is 113 cm³/mol. The molecule has 1 fully saturated rings. The number of carbonyl (C=O) groups excluding carboxylic acids is 1. The molecule has 0 aliphatic carbocycles. The minimum absolute atomic E-state index is 0.163. The lowest BCUT2D eigenvalue weighted by molar-refractivity contribution is -0.137.